The number of rotatable bonds is 3. The van der Waals surface area contributed by atoms with Crippen LogP contribution in [0.5, 0.6) is 0 Å². The number of carbonyl (C=O) groups is 2. The lowest BCUT2D eigenvalue weighted by atomic mass is 9.80. The van der Waals surface area contributed by atoms with E-state index in [4.69, 9.17) is 9.98 Å². The molecule has 3 aromatic rings. The Hall–Kier alpha value is -3.94. The van der Waals surface area contributed by atoms with Crippen molar-refractivity contribution < 1.29 is 14.0 Å². The first-order valence-corrected chi connectivity index (χ1v) is 13.4. The number of nitrogens with one attached hydrogen (secondary N) is 1. The van der Waals surface area contributed by atoms with Crippen LogP contribution < -0.4 is 5.32 Å². The van der Waals surface area contributed by atoms with E-state index in [9.17, 15) is 14.0 Å². The molecule has 0 radical (unpaired) electrons. The van der Waals surface area contributed by atoms with E-state index in [1.807, 2.05) is 23.2 Å². The number of fused-ring (bicyclic) bond motifs is 3. The zero-order chi connectivity index (χ0) is 25.9. The van der Waals surface area contributed by atoms with Crippen LogP contribution in [0.2, 0.25) is 0 Å². The standard InChI is InChI=1S/C30H28FN5O2/c31-23-10-4-3-8-21(23)25-27(37)36(30(35-25)11-5-1-2-6-12-30)18-19-14-20-15-29(16-24(20)33-17-19)22-9-7-13-32-26(22)34-28(29)38/h3-4,7-10,13-14,17H,1-2,5-6,11-12,15-16,18H2,(H,32,34,38). The molecule has 7 nitrogen and oxygen atoms in total. The van der Waals surface area contributed by atoms with Gasteiger partial charge in [0.25, 0.3) is 5.91 Å². The molecule has 2 aliphatic carbocycles. The number of benzene rings is 1. The minimum atomic E-state index is -0.690. The molecule has 0 bridgehead atoms. The van der Waals surface area contributed by atoms with Gasteiger partial charge < -0.3 is 10.2 Å². The van der Waals surface area contributed by atoms with Crippen molar-refractivity contribution in [3.05, 3.63) is 88.6 Å². The number of aliphatic imine (C=N–C) groups is 1. The third kappa shape index (κ3) is 3.42. The predicted octanol–water partition coefficient (Wildman–Crippen LogP) is 4.49. The van der Waals surface area contributed by atoms with Gasteiger partial charge in [-0.2, -0.15) is 0 Å². The first-order chi connectivity index (χ1) is 18.5. The van der Waals surface area contributed by atoms with Crippen LogP contribution in [0.1, 0.15) is 66.5 Å². The highest BCUT2D eigenvalue weighted by Gasteiger charge is 2.52. The van der Waals surface area contributed by atoms with Gasteiger partial charge in [0.05, 0.1) is 5.41 Å². The second-order valence-corrected chi connectivity index (χ2v) is 11.0. The summed E-state index contributed by atoms with van der Waals surface area (Å²) in [7, 11) is 0. The molecule has 1 atom stereocenters. The number of nitrogens with zero attached hydrogens (tertiary/aromatic N) is 4. The zero-order valence-corrected chi connectivity index (χ0v) is 21.0. The van der Waals surface area contributed by atoms with Gasteiger partial charge in [0.2, 0.25) is 5.91 Å². The third-order valence-electron chi connectivity index (χ3n) is 8.71. The Morgan fingerprint density at radius 3 is 2.61 bits per heavy atom. The van der Waals surface area contributed by atoms with Gasteiger partial charge in [0, 0.05) is 42.2 Å². The molecule has 1 saturated carbocycles. The maximum Gasteiger partial charge on any atom is 0.275 e. The first-order valence-electron chi connectivity index (χ1n) is 13.4. The summed E-state index contributed by atoms with van der Waals surface area (Å²) in [5.74, 6) is -0.0781. The number of hydrogen-bond acceptors (Lipinski definition) is 5. The molecule has 7 rings (SSSR count). The van der Waals surface area contributed by atoms with Crippen LogP contribution >= 0.6 is 0 Å². The highest BCUT2D eigenvalue weighted by Crippen LogP contribution is 2.46. The van der Waals surface area contributed by atoms with E-state index in [-0.39, 0.29) is 23.1 Å². The van der Waals surface area contributed by atoms with Gasteiger partial charge >= 0.3 is 0 Å². The molecule has 1 aromatic carbocycles. The Balaban J connectivity index is 1.22. The van der Waals surface area contributed by atoms with Crippen LogP contribution in [0.3, 0.4) is 0 Å². The molecule has 1 unspecified atom stereocenters. The van der Waals surface area contributed by atoms with Crippen LogP contribution in [0.25, 0.3) is 0 Å². The third-order valence-corrected chi connectivity index (χ3v) is 8.71. The van der Waals surface area contributed by atoms with E-state index in [1.54, 1.807) is 24.4 Å². The lowest BCUT2D eigenvalue weighted by Crippen LogP contribution is -2.46. The predicted molar refractivity (Wildman–Crippen MR) is 140 cm³/mol. The van der Waals surface area contributed by atoms with Gasteiger partial charge in [-0.25, -0.2) is 9.37 Å². The molecule has 2 amide bonds. The van der Waals surface area contributed by atoms with Crippen molar-refractivity contribution in [1.29, 1.82) is 0 Å². The highest BCUT2D eigenvalue weighted by molar-refractivity contribution is 6.46. The summed E-state index contributed by atoms with van der Waals surface area (Å²) < 4.78 is 14.7. The van der Waals surface area contributed by atoms with Crippen molar-refractivity contribution in [3.8, 4) is 0 Å². The number of carbonyl (C=O) groups excluding carboxylic acids is 2. The summed E-state index contributed by atoms with van der Waals surface area (Å²) in [5, 5.41) is 2.94. The lowest BCUT2D eigenvalue weighted by Gasteiger charge is -2.36. The summed E-state index contributed by atoms with van der Waals surface area (Å²) in [6, 6.07) is 12.3. The quantitative estimate of drug-likeness (QED) is 0.564. The monoisotopic (exact) mass is 509 g/mol. The molecule has 38 heavy (non-hydrogen) atoms. The summed E-state index contributed by atoms with van der Waals surface area (Å²) >= 11 is 0. The minimum Gasteiger partial charge on any atom is -0.310 e. The summed E-state index contributed by atoms with van der Waals surface area (Å²) in [4.78, 5) is 42.8. The molecular weight excluding hydrogens is 481 g/mol. The van der Waals surface area contributed by atoms with Gasteiger partial charge in [0.1, 0.15) is 23.0 Å². The zero-order valence-electron chi connectivity index (χ0n) is 21.0. The molecule has 192 valence electrons. The summed E-state index contributed by atoms with van der Waals surface area (Å²) in [5.41, 5.74) is 2.85. The second kappa shape index (κ2) is 8.55. The molecule has 0 saturated heterocycles. The Bertz CT molecular complexity index is 1510. The van der Waals surface area contributed by atoms with Crippen molar-refractivity contribution in [3.63, 3.8) is 0 Å². The maximum atomic E-state index is 14.7. The number of halogens is 1. The Labute approximate surface area is 220 Å². The van der Waals surface area contributed by atoms with Crippen LogP contribution in [-0.2, 0) is 34.4 Å². The molecule has 1 fully saturated rings. The molecule has 2 aromatic heterocycles. The van der Waals surface area contributed by atoms with E-state index in [0.29, 0.717) is 25.2 Å². The fourth-order valence-electron chi connectivity index (χ4n) is 6.79. The van der Waals surface area contributed by atoms with Crippen molar-refractivity contribution in [2.75, 3.05) is 5.32 Å². The number of anilines is 1. The Morgan fingerprint density at radius 1 is 0.974 bits per heavy atom. The van der Waals surface area contributed by atoms with Gasteiger partial charge in [0.15, 0.2) is 0 Å². The average molecular weight is 510 g/mol. The number of aromatic nitrogens is 2. The molecule has 8 heteroatoms. The fraction of sp³-hybridized carbons (Fsp3) is 0.367. The molecule has 1 N–H and O–H groups in total. The van der Waals surface area contributed by atoms with Crippen molar-refractivity contribution in [2.24, 2.45) is 4.99 Å². The van der Waals surface area contributed by atoms with Crippen LogP contribution in [0.15, 0.2) is 59.9 Å². The van der Waals surface area contributed by atoms with Gasteiger partial charge in [-0.15, -0.1) is 0 Å². The molecule has 4 heterocycles. The van der Waals surface area contributed by atoms with Crippen molar-refractivity contribution in [2.45, 2.75) is 69.0 Å². The van der Waals surface area contributed by atoms with Crippen LogP contribution in [0, 0.1) is 5.82 Å². The van der Waals surface area contributed by atoms with Crippen LogP contribution in [0.4, 0.5) is 10.2 Å². The molecular formula is C30H28FN5O2. The minimum absolute atomic E-state index is 0.0409. The number of hydrogen-bond donors (Lipinski definition) is 1. The number of pyridine rings is 2. The SMILES string of the molecule is O=C1C(c2ccccc2F)=NC2(CCCCCC2)N1Cc1cnc2c(c1)CC1(C2)C(=O)Nc2ncccc21. The van der Waals surface area contributed by atoms with Crippen molar-refractivity contribution in [1.82, 2.24) is 14.9 Å². The van der Waals surface area contributed by atoms with Crippen molar-refractivity contribution >= 4 is 23.3 Å². The topological polar surface area (TPSA) is 87.5 Å². The normalized spacial score (nSPS) is 23.4. The number of amides is 2. The van der Waals surface area contributed by atoms with Crippen LogP contribution in [-0.4, -0.2) is 38.1 Å². The largest absolute Gasteiger partial charge is 0.310 e. The molecule has 4 aliphatic rings. The fourth-order valence-corrected chi connectivity index (χ4v) is 6.79. The summed E-state index contributed by atoms with van der Waals surface area (Å²) in [6.45, 7) is 0.345. The molecule has 2 spiro atoms. The smallest absolute Gasteiger partial charge is 0.275 e. The lowest BCUT2D eigenvalue weighted by molar-refractivity contribution is -0.129. The van der Waals surface area contributed by atoms with E-state index in [1.165, 1.54) is 6.07 Å². The Kier molecular flexibility index (Phi) is 5.22. The maximum absolute atomic E-state index is 14.7. The van der Waals surface area contributed by atoms with Gasteiger partial charge in [-0.3, -0.25) is 19.6 Å². The molecule has 2 aliphatic heterocycles. The van der Waals surface area contributed by atoms with E-state index in [2.05, 4.69) is 16.4 Å². The van der Waals surface area contributed by atoms with Gasteiger partial charge in [-0.1, -0.05) is 37.1 Å². The van der Waals surface area contributed by atoms with Gasteiger partial charge in [-0.05, 0) is 61.4 Å². The van der Waals surface area contributed by atoms with E-state index in [0.717, 1.165) is 60.9 Å². The summed E-state index contributed by atoms with van der Waals surface area (Å²) in [6.07, 6.45) is 10.3. The van der Waals surface area contributed by atoms with E-state index < -0.39 is 16.9 Å². The second-order valence-electron chi connectivity index (χ2n) is 11.0. The first kappa shape index (κ1) is 23.2. The highest BCUT2D eigenvalue weighted by atomic mass is 19.1. The average Bonchev–Trinajstić information content (AvgIpc) is 3.44. The Morgan fingerprint density at radius 2 is 1.79 bits per heavy atom. The van der Waals surface area contributed by atoms with E-state index >= 15 is 0 Å².